The average molecular weight is 240 g/mol. The Hall–Kier alpha value is -0.530. The summed E-state index contributed by atoms with van der Waals surface area (Å²) in [6.45, 7) is 6.69. The van der Waals surface area contributed by atoms with Gasteiger partial charge in [-0.25, -0.2) is 0 Å². The summed E-state index contributed by atoms with van der Waals surface area (Å²) in [5.41, 5.74) is 0. The molecule has 0 aliphatic heterocycles. The molecule has 2 nitrogen and oxygen atoms in total. The van der Waals surface area contributed by atoms with Gasteiger partial charge < -0.3 is 5.11 Å². The van der Waals surface area contributed by atoms with E-state index in [1.165, 1.54) is 19.3 Å². The SMILES string of the molecule is CCC(CC)CC1CC(CC)CCC1C(=O)O. The van der Waals surface area contributed by atoms with Gasteiger partial charge in [-0.05, 0) is 43.4 Å². The van der Waals surface area contributed by atoms with Crippen molar-refractivity contribution in [3.8, 4) is 0 Å². The topological polar surface area (TPSA) is 37.3 Å². The van der Waals surface area contributed by atoms with E-state index < -0.39 is 5.97 Å². The third kappa shape index (κ3) is 4.01. The van der Waals surface area contributed by atoms with Crippen LogP contribution >= 0.6 is 0 Å². The molecule has 0 saturated heterocycles. The van der Waals surface area contributed by atoms with Crippen molar-refractivity contribution < 1.29 is 9.90 Å². The maximum absolute atomic E-state index is 11.3. The predicted molar refractivity (Wildman–Crippen MR) is 70.9 cm³/mol. The Bertz CT molecular complexity index is 233. The second-order valence-corrected chi connectivity index (χ2v) is 5.71. The van der Waals surface area contributed by atoms with Gasteiger partial charge in [-0.3, -0.25) is 4.79 Å². The zero-order valence-electron chi connectivity index (χ0n) is 11.6. The third-order valence-electron chi connectivity index (χ3n) is 4.78. The van der Waals surface area contributed by atoms with E-state index in [0.717, 1.165) is 37.5 Å². The Morgan fingerprint density at radius 3 is 2.35 bits per heavy atom. The fourth-order valence-electron chi connectivity index (χ4n) is 3.37. The molecule has 2 heteroatoms. The molecule has 0 aromatic heterocycles. The molecule has 17 heavy (non-hydrogen) atoms. The first kappa shape index (κ1) is 14.5. The number of rotatable bonds is 6. The molecule has 0 amide bonds. The first-order valence-electron chi connectivity index (χ1n) is 7.35. The zero-order valence-corrected chi connectivity index (χ0v) is 11.6. The Morgan fingerprint density at radius 1 is 1.24 bits per heavy atom. The smallest absolute Gasteiger partial charge is 0.306 e. The van der Waals surface area contributed by atoms with E-state index in [1.54, 1.807) is 0 Å². The van der Waals surface area contributed by atoms with Gasteiger partial charge in [0.05, 0.1) is 5.92 Å². The van der Waals surface area contributed by atoms with Gasteiger partial charge in [-0.15, -0.1) is 0 Å². The fraction of sp³-hybridized carbons (Fsp3) is 0.933. The van der Waals surface area contributed by atoms with Gasteiger partial charge in [0.2, 0.25) is 0 Å². The highest BCUT2D eigenvalue weighted by Crippen LogP contribution is 2.39. The summed E-state index contributed by atoms with van der Waals surface area (Å²) in [4.78, 5) is 11.3. The minimum Gasteiger partial charge on any atom is -0.481 e. The number of carbonyl (C=O) groups is 1. The Kier molecular flexibility index (Phi) is 6.01. The first-order chi connectivity index (χ1) is 8.12. The summed E-state index contributed by atoms with van der Waals surface area (Å²) in [5, 5.41) is 9.33. The number of hydrogen-bond donors (Lipinski definition) is 1. The molecular weight excluding hydrogens is 212 g/mol. The molecule has 3 unspecified atom stereocenters. The first-order valence-corrected chi connectivity index (χ1v) is 7.35. The van der Waals surface area contributed by atoms with Crippen LogP contribution in [0.2, 0.25) is 0 Å². The van der Waals surface area contributed by atoms with Gasteiger partial charge >= 0.3 is 5.97 Å². The maximum Gasteiger partial charge on any atom is 0.306 e. The second-order valence-electron chi connectivity index (χ2n) is 5.71. The largest absolute Gasteiger partial charge is 0.481 e. The Balaban J connectivity index is 2.63. The maximum atomic E-state index is 11.3. The van der Waals surface area contributed by atoms with Gasteiger partial charge in [0.1, 0.15) is 0 Å². The van der Waals surface area contributed by atoms with E-state index in [9.17, 15) is 9.90 Å². The standard InChI is InChI=1S/C15H28O2/c1-4-11(5-2)9-13-10-12(6-3)7-8-14(13)15(16)17/h11-14H,4-10H2,1-3H3,(H,16,17). The van der Waals surface area contributed by atoms with E-state index in [4.69, 9.17) is 0 Å². The Morgan fingerprint density at radius 2 is 1.88 bits per heavy atom. The van der Waals surface area contributed by atoms with E-state index in [-0.39, 0.29) is 5.92 Å². The minimum atomic E-state index is -0.560. The summed E-state index contributed by atoms with van der Waals surface area (Å²) in [5.74, 6) is 1.28. The van der Waals surface area contributed by atoms with Crippen LogP contribution in [0, 0.1) is 23.7 Å². The van der Waals surface area contributed by atoms with Crippen LogP contribution in [0.25, 0.3) is 0 Å². The summed E-state index contributed by atoms with van der Waals surface area (Å²) < 4.78 is 0. The second kappa shape index (κ2) is 7.03. The number of aliphatic carboxylic acids is 1. The molecule has 0 spiro atoms. The van der Waals surface area contributed by atoms with Gasteiger partial charge in [0.25, 0.3) is 0 Å². The predicted octanol–water partition coefficient (Wildman–Crippen LogP) is 4.34. The highest BCUT2D eigenvalue weighted by Gasteiger charge is 2.35. The van der Waals surface area contributed by atoms with Gasteiger partial charge in [-0.2, -0.15) is 0 Å². The van der Waals surface area contributed by atoms with Crippen LogP contribution in [0.5, 0.6) is 0 Å². The quantitative estimate of drug-likeness (QED) is 0.750. The van der Waals surface area contributed by atoms with Crippen LogP contribution in [0.3, 0.4) is 0 Å². The Labute approximate surface area is 106 Å². The molecule has 1 aliphatic carbocycles. The van der Waals surface area contributed by atoms with Gasteiger partial charge in [0, 0.05) is 0 Å². The van der Waals surface area contributed by atoms with Crippen LogP contribution in [-0.2, 0) is 4.79 Å². The van der Waals surface area contributed by atoms with Crippen molar-refractivity contribution in [1.82, 2.24) is 0 Å². The van der Waals surface area contributed by atoms with Crippen LogP contribution in [0.4, 0.5) is 0 Å². The normalized spacial score (nSPS) is 29.5. The fourth-order valence-corrected chi connectivity index (χ4v) is 3.37. The van der Waals surface area contributed by atoms with Crippen molar-refractivity contribution in [2.75, 3.05) is 0 Å². The van der Waals surface area contributed by atoms with Crippen LogP contribution < -0.4 is 0 Å². The molecule has 100 valence electrons. The molecule has 0 bridgehead atoms. The van der Waals surface area contributed by atoms with Crippen molar-refractivity contribution in [2.45, 2.75) is 65.7 Å². The lowest BCUT2D eigenvalue weighted by atomic mass is 9.69. The van der Waals surface area contributed by atoms with Crippen LogP contribution in [0.1, 0.15) is 65.7 Å². The van der Waals surface area contributed by atoms with E-state index in [0.29, 0.717) is 5.92 Å². The molecule has 0 heterocycles. The van der Waals surface area contributed by atoms with Crippen molar-refractivity contribution in [3.63, 3.8) is 0 Å². The molecule has 1 saturated carbocycles. The molecule has 1 aliphatic rings. The van der Waals surface area contributed by atoms with Crippen molar-refractivity contribution in [1.29, 1.82) is 0 Å². The molecule has 0 aromatic rings. The zero-order chi connectivity index (χ0) is 12.8. The summed E-state index contributed by atoms with van der Waals surface area (Å²) in [7, 11) is 0. The van der Waals surface area contributed by atoms with Crippen molar-refractivity contribution in [3.05, 3.63) is 0 Å². The third-order valence-corrected chi connectivity index (χ3v) is 4.78. The van der Waals surface area contributed by atoms with E-state index in [2.05, 4.69) is 20.8 Å². The highest BCUT2D eigenvalue weighted by atomic mass is 16.4. The summed E-state index contributed by atoms with van der Waals surface area (Å²) >= 11 is 0. The van der Waals surface area contributed by atoms with E-state index in [1.807, 2.05) is 0 Å². The molecule has 1 fully saturated rings. The summed E-state index contributed by atoms with van der Waals surface area (Å²) in [6, 6.07) is 0. The molecule has 3 atom stereocenters. The van der Waals surface area contributed by atoms with Crippen LogP contribution in [0.15, 0.2) is 0 Å². The molecular formula is C15H28O2. The highest BCUT2D eigenvalue weighted by molar-refractivity contribution is 5.70. The van der Waals surface area contributed by atoms with E-state index >= 15 is 0 Å². The molecule has 1 N–H and O–H groups in total. The van der Waals surface area contributed by atoms with Crippen molar-refractivity contribution in [2.24, 2.45) is 23.7 Å². The minimum absolute atomic E-state index is 0.0709. The summed E-state index contributed by atoms with van der Waals surface area (Å²) in [6.07, 6.45) is 7.88. The number of carboxylic acid groups (broad SMARTS) is 1. The van der Waals surface area contributed by atoms with Crippen molar-refractivity contribution >= 4 is 5.97 Å². The monoisotopic (exact) mass is 240 g/mol. The molecule has 0 radical (unpaired) electrons. The lowest BCUT2D eigenvalue weighted by molar-refractivity contribution is -0.145. The van der Waals surface area contributed by atoms with Gasteiger partial charge in [-0.1, -0.05) is 40.0 Å². The molecule has 0 aromatic carbocycles. The van der Waals surface area contributed by atoms with Gasteiger partial charge in [0.15, 0.2) is 0 Å². The average Bonchev–Trinajstić information content (AvgIpc) is 2.35. The number of hydrogen-bond acceptors (Lipinski definition) is 1. The van der Waals surface area contributed by atoms with Crippen LogP contribution in [-0.4, -0.2) is 11.1 Å². The lowest BCUT2D eigenvalue weighted by Gasteiger charge is -2.35. The molecule has 1 rings (SSSR count). The lowest BCUT2D eigenvalue weighted by Crippen LogP contribution is -2.31. The number of carboxylic acids is 1.